The van der Waals surface area contributed by atoms with Crippen LogP contribution in [-0.2, 0) is 16.0 Å². The second kappa shape index (κ2) is 7.60. The van der Waals surface area contributed by atoms with Gasteiger partial charge < -0.3 is 19.4 Å². The monoisotopic (exact) mass is 415 g/mol. The largest absolute Gasteiger partial charge is 0.444 e. The molecule has 0 bridgehead atoms. The van der Waals surface area contributed by atoms with Gasteiger partial charge in [0.1, 0.15) is 17.0 Å². The van der Waals surface area contributed by atoms with Gasteiger partial charge >= 0.3 is 6.09 Å². The number of carbonyl (C=O) groups is 2. The van der Waals surface area contributed by atoms with Crippen LogP contribution in [0.5, 0.6) is 0 Å². The van der Waals surface area contributed by atoms with E-state index in [-0.39, 0.29) is 17.8 Å². The van der Waals surface area contributed by atoms with Gasteiger partial charge in [-0.15, -0.1) is 0 Å². The zero-order valence-electron chi connectivity index (χ0n) is 18.0. The number of amides is 2. The van der Waals surface area contributed by atoms with Crippen molar-refractivity contribution < 1.29 is 18.7 Å². The lowest BCUT2D eigenvalue weighted by Gasteiger charge is -2.50. The molecule has 6 nitrogen and oxygen atoms in total. The smallest absolute Gasteiger partial charge is 0.410 e. The molecule has 162 valence electrons. The van der Waals surface area contributed by atoms with E-state index in [0.717, 1.165) is 37.2 Å². The van der Waals surface area contributed by atoms with Crippen molar-refractivity contribution in [3.63, 3.8) is 0 Å². The van der Waals surface area contributed by atoms with Crippen LogP contribution in [0.15, 0.2) is 36.0 Å². The fraction of sp³-hybridized carbons (Fsp3) is 0.565. The van der Waals surface area contributed by atoms with Gasteiger partial charge in [-0.25, -0.2) is 9.18 Å². The van der Waals surface area contributed by atoms with Crippen molar-refractivity contribution in [2.75, 3.05) is 32.7 Å². The highest BCUT2D eigenvalue weighted by atomic mass is 19.1. The summed E-state index contributed by atoms with van der Waals surface area (Å²) in [6, 6.07) is 6.42. The van der Waals surface area contributed by atoms with Crippen molar-refractivity contribution in [3.05, 3.63) is 47.4 Å². The summed E-state index contributed by atoms with van der Waals surface area (Å²) < 4.78 is 19.1. The normalized spacial score (nSPS) is 24.2. The van der Waals surface area contributed by atoms with Crippen LogP contribution in [0.2, 0.25) is 0 Å². The molecule has 2 fully saturated rings. The highest BCUT2D eigenvalue weighted by Crippen LogP contribution is 2.41. The number of nitrogens with zero attached hydrogens (tertiary/aromatic N) is 3. The first-order valence-electron chi connectivity index (χ1n) is 10.7. The molecule has 0 aliphatic carbocycles. The molecule has 4 rings (SSSR count). The number of piperazine rings is 1. The molecule has 1 aromatic rings. The summed E-state index contributed by atoms with van der Waals surface area (Å²) in [5.41, 5.74) is 0.668. The molecule has 1 atom stereocenters. The van der Waals surface area contributed by atoms with Crippen LogP contribution in [0.4, 0.5) is 9.18 Å². The highest BCUT2D eigenvalue weighted by Gasteiger charge is 2.53. The summed E-state index contributed by atoms with van der Waals surface area (Å²) in [4.78, 5) is 31.7. The van der Waals surface area contributed by atoms with Gasteiger partial charge in [0.2, 0.25) is 5.91 Å². The number of benzene rings is 1. The molecule has 0 N–H and O–H groups in total. The lowest BCUT2D eigenvalue weighted by molar-refractivity contribution is -0.132. The van der Waals surface area contributed by atoms with Crippen molar-refractivity contribution in [1.82, 2.24) is 14.7 Å². The molecule has 3 heterocycles. The number of hydrogen-bond acceptors (Lipinski definition) is 4. The first kappa shape index (κ1) is 20.7. The van der Waals surface area contributed by atoms with Crippen molar-refractivity contribution in [2.45, 2.75) is 51.2 Å². The number of likely N-dealkylation sites (tertiary alicyclic amines) is 1. The first-order chi connectivity index (χ1) is 14.2. The van der Waals surface area contributed by atoms with Crippen LogP contribution in [-0.4, -0.2) is 70.6 Å². The fourth-order valence-corrected chi connectivity index (χ4v) is 4.79. The number of fused-ring (bicyclic) bond motifs is 1. The van der Waals surface area contributed by atoms with Gasteiger partial charge in [-0.2, -0.15) is 0 Å². The van der Waals surface area contributed by atoms with Gasteiger partial charge in [-0.3, -0.25) is 4.79 Å². The van der Waals surface area contributed by atoms with Gasteiger partial charge in [0.15, 0.2) is 0 Å². The Bertz CT molecular complexity index is 855. The number of rotatable bonds is 3. The van der Waals surface area contributed by atoms with Gasteiger partial charge in [0, 0.05) is 44.4 Å². The van der Waals surface area contributed by atoms with E-state index in [0.29, 0.717) is 26.1 Å². The minimum absolute atomic E-state index is 0.0112. The second-order valence-corrected chi connectivity index (χ2v) is 9.45. The Hall–Kier alpha value is -2.57. The lowest BCUT2D eigenvalue weighted by Crippen LogP contribution is -2.65. The molecule has 1 aromatic carbocycles. The summed E-state index contributed by atoms with van der Waals surface area (Å²) >= 11 is 0. The van der Waals surface area contributed by atoms with E-state index in [2.05, 4.69) is 4.90 Å². The zero-order valence-corrected chi connectivity index (χ0v) is 18.0. The predicted molar refractivity (Wildman–Crippen MR) is 111 cm³/mol. The van der Waals surface area contributed by atoms with Gasteiger partial charge in [0.05, 0.1) is 6.54 Å². The Kier molecular flexibility index (Phi) is 5.24. The second-order valence-electron chi connectivity index (χ2n) is 9.45. The Morgan fingerprint density at radius 3 is 2.40 bits per heavy atom. The molecule has 0 saturated carbocycles. The molecule has 3 aliphatic heterocycles. The van der Waals surface area contributed by atoms with E-state index < -0.39 is 11.1 Å². The topological polar surface area (TPSA) is 53.1 Å². The molecule has 30 heavy (non-hydrogen) atoms. The van der Waals surface area contributed by atoms with E-state index in [1.807, 2.05) is 25.7 Å². The van der Waals surface area contributed by atoms with Gasteiger partial charge in [-0.1, -0.05) is 12.1 Å². The quantitative estimate of drug-likeness (QED) is 0.761. The van der Waals surface area contributed by atoms with Crippen LogP contribution in [0.25, 0.3) is 0 Å². The molecule has 0 radical (unpaired) electrons. The van der Waals surface area contributed by atoms with Crippen LogP contribution in [0.3, 0.4) is 0 Å². The SMILES string of the molecule is CC(C)(C)OC(=O)N1CCN2C(=O)C=C(N3CCCC3)C2(Cc2ccc(F)cc2)C1. The van der Waals surface area contributed by atoms with Crippen LogP contribution >= 0.6 is 0 Å². The van der Waals surface area contributed by atoms with Crippen LogP contribution in [0.1, 0.15) is 39.2 Å². The van der Waals surface area contributed by atoms with E-state index in [1.54, 1.807) is 23.1 Å². The summed E-state index contributed by atoms with van der Waals surface area (Å²) in [5, 5.41) is 0. The van der Waals surface area contributed by atoms with Crippen LogP contribution < -0.4 is 0 Å². The Balaban J connectivity index is 1.69. The van der Waals surface area contributed by atoms with E-state index in [4.69, 9.17) is 4.74 Å². The third-order valence-electron chi connectivity index (χ3n) is 6.07. The van der Waals surface area contributed by atoms with E-state index >= 15 is 0 Å². The molecular weight excluding hydrogens is 385 g/mol. The van der Waals surface area contributed by atoms with Gasteiger partial charge in [-0.05, 0) is 51.3 Å². The third-order valence-corrected chi connectivity index (χ3v) is 6.07. The Morgan fingerprint density at radius 1 is 1.10 bits per heavy atom. The average Bonchev–Trinajstić information content (AvgIpc) is 3.29. The standard InChI is InChI=1S/C23H30FN3O3/c1-22(2,3)30-21(29)26-12-13-27-20(28)14-19(25-10-4-5-11-25)23(27,16-26)15-17-6-8-18(24)9-7-17/h6-9,14H,4-5,10-13,15-16H2,1-3H3. The molecule has 0 aromatic heterocycles. The van der Waals surface area contributed by atoms with Crippen LogP contribution in [0, 0.1) is 5.82 Å². The molecule has 2 saturated heterocycles. The molecule has 1 unspecified atom stereocenters. The van der Waals surface area contributed by atoms with Gasteiger partial charge in [0.25, 0.3) is 0 Å². The summed E-state index contributed by atoms with van der Waals surface area (Å²) in [6.07, 6.45) is 4.09. The Labute approximate surface area is 177 Å². The highest BCUT2D eigenvalue weighted by molar-refractivity contribution is 5.93. The predicted octanol–water partition coefficient (Wildman–Crippen LogP) is 3.18. The van der Waals surface area contributed by atoms with E-state index in [9.17, 15) is 14.0 Å². The maximum Gasteiger partial charge on any atom is 0.410 e. The molecular formula is C23H30FN3O3. The molecule has 0 spiro atoms. The minimum Gasteiger partial charge on any atom is -0.444 e. The lowest BCUT2D eigenvalue weighted by atomic mass is 9.84. The zero-order chi connectivity index (χ0) is 21.5. The number of ether oxygens (including phenoxy) is 1. The first-order valence-corrected chi connectivity index (χ1v) is 10.7. The number of hydrogen-bond donors (Lipinski definition) is 0. The van der Waals surface area contributed by atoms with E-state index in [1.165, 1.54) is 12.1 Å². The molecule has 7 heteroatoms. The summed E-state index contributed by atoms with van der Waals surface area (Å²) in [7, 11) is 0. The molecule has 3 aliphatic rings. The van der Waals surface area contributed by atoms with Crippen molar-refractivity contribution in [1.29, 1.82) is 0 Å². The third kappa shape index (κ3) is 3.89. The fourth-order valence-electron chi connectivity index (χ4n) is 4.79. The number of halogens is 1. The summed E-state index contributed by atoms with van der Waals surface area (Å²) in [6.45, 7) is 8.63. The average molecular weight is 416 g/mol. The Morgan fingerprint density at radius 2 is 1.77 bits per heavy atom. The van der Waals surface area contributed by atoms with Crippen molar-refractivity contribution in [2.24, 2.45) is 0 Å². The van der Waals surface area contributed by atoms with Crippen molar-refractivity contribution >= 4 is 12.0 Å². The summed E-state index contributed by atoms with van der Waals surface area (Å²) in [5.74, 6) is -0.298. The minimum atomic E-state index is -0.658. The van der Waals surface area contributed by atoms with Crippen molar-refractivity contribution in [3.8, 4) is 0 Å². The maximum atomic E-state index is 13.5. The molecule has 2 amide bonds. The number of carbonyl (C=O) groups excluding carboxylic acids is 2. The maximum absolute atomic E-state index is 13.5.